The van der Waals surface area contributed by atoms with Crippen LogP contribution in [0.15, 0.2) is 12.2 Å². The van der Waals surface area contributed by atoms with Crippen molar-refractivity contribution in [2.75, 3.05) is 6.61 Å². The number of hydrogen-bond donors (Lipinski definition) is 0. The van der Waals surface area contributed by atoms with E-state index in [-0.39, 0.29) is 0 Å². The molecule has 0 aromatic heterocycles. The van der Waals surface area contributed by atoms with Gasteiger partial charge in [0.15, 0.2) is 0 Å². The van der Waals surface area contributed by atoms with Crippen molar-refractivity contribution >= 4 is 0 Å². The van der Waals surface area contributed by atoms with E-state index in [2.05, 4.69) is 26.0 Å². The maximum Gasteiger partial charge on any atom is 0.0552 e. The van der Waals surface area contributed by atoms with Gasteiger partial charge in [0.1, 0.15) is 0 Å². The number of rotatable bonds is 6. The lowest BCUT2D eigenvalue weighted by atomic mass is 9.74. The molecule has 114 valence electrons. The zero-order valence-electron chi connectivity index (χ0n) is 13.4. The second-order valence-corrected chi connectivity index (χ2v) is 8.02. The van der Waals surface area contributed by atoms with Crippen LogP contribution in [0.5, 0.6) is 0 Å². The van der Waals surface area contributed by atoms with Crippen LogP contribution < -0.4 is 0 Å². The highest BCUT2D eigenvalue weighted by Crippen LogP contribution is 2.54. The first-order valence-electron chi connectivity index (χ1n) is 8.96. The maximum atomic E-state index is 6.16. The first kappa shape index (κ1) is 14.6. The molecule has 3 rings (SSSR count). The summed E-state index contributed by atoms with van der Waals surface area (Å²) < 4.78 is 6.16. The molecule has 0 amide bonds. The molecule has 2 saturated carbocycles. The Labute approximate surface area is 125 Å². The van der Waals surface area contributed by atoms with Gasteiger partial charge in [-0.05, 0) is 55.8 Å². The van der Waals surface area contributed by atoms with Gasteiger partial charge in [0, 0.05) is 6.61 Å². The minimum absolute atomic E-state index is 0.441. The summed E-state index contributed by atoms with van der Waals surface area (Å²) in [5.41, 5.74) is 0.518. The van der Waals surface area contributed by atoms with Gasteiger partial charge in [0.25, 0.3) is 0 Å². The second-order valence-electron chi connectivity index (χ2n) is 8.02. The van der Waals surface area contributed by atoms with Gasteiger partial charge in [-0.2, -0.15) is 0 Å². The van der Waals surface area contributed by atoms with E-state index in [1.54, 1.807) is 0 Å². The van der Waals surface area contributed by atoms with Crippen LogP contribution in [0.25, 0.3) is 0 Å². The second kappa shape index (κ2) is 6.22. The van der Waals surface area contributed by atoms with Crippen molar-refractivity contribution in [3.05, 3.63) is 12.2 Å². The zero-order valence-corrected chi connectivity index (χ0v) is 13.4. The molecule has 4 atom stereocenters. The molecule has 0 heterocycles. The van der Waals surface area contributed by atoms with Crippen molar-refractivity contribution in [1.29, 1.82) is 0 Å². The molecule has 0 saturated heterocycles. The van der Waals surface area contributed by atoms with Crippen molar-refractivity contribution in [1.82, 2.24) is 0 Å². The highest BCUT2D eigenvalue weighted by Gasteiger charge is 2.45. The van der Waals surface area contributed by atoms with Gasteiger partial charge in [-0.15, -0.1) is 0 Å². The smallest absolute Gasteiger partial charge is 0.0552 e. The Balaban J connectivity index is 1.37. The summed E-state index contributed by atoms with van der Waals surface area (Å²) in [6.45, 7) is 5.77. The molecule has 0 aromatic carbocycles. The third kappa shape index (κ3) is 3.30. The fourth-order valence-corrected chi connectivity index (χ4v) is 5.06. The van der Waals surface area contributed by atoms with Crippen molar-refractivity contribution in [2.24, 2.45) is 23.2 Å². The van der Waals surface area contributed by atoms with Crippen LogP contribution in [0, 0.1) is 23.2 Å². The predicted octanol–water partition coefficient (Wildman–Crippen LogP) is 5.35. The van der Waals surface area contributed by atoms with Crippen molar-refractivity contribution in [2.45, 2.75) is 77.7 Å². The van der Waals surface area contributed by atoms with Gasteiger partial charge in [0.2, 0.25) is 0 Å². The molecule has 0 N–H and O–H groups in total. The zero-order chi connectivity index (χ0) is 14.0. The van der Waals surface area contributed by atoms with Crippen LogP contribution in [0.1, 0.15) is 71.6 Å². The number of ether oxygens (including phenoxy) is 1. The van der Waals surface area contributed by atoms with E-state index in [0.717, 1.165) is 24.4 Å². The van der Waals surface area contributed by atoms with E-state index in [0.29, 0.717) is 11.5 Å². The fraction of sp³-hybridized carbons (Fsp3) is 0.895. The SMILES string of the molecule is CC(CC1(C)CC2C=CC1C2)OCCC1CCCCC1. The normalized spacial score (nSPS) is 38.5. The third-order valence-electron chi connectivity index (χ3n) is 6.20. The molecule has 1 nitrogen and oxygen atoms in total. The van der Waals surface area contributed by atoms with Crippen molar-refractivity contribution in [3.8, 4) is 0 Å². The van der Waals surface area contributed by atoms with Crippen molar-refractivity contribution in [3.63, 3.8) is 0 Å². The lowest BCUT2D eigenvalue weighted by molar-refractivity contribution is 0.0160. The van der Waals surface area contributed by atoms with E-state index >= 15 is 0 Å². The quantitative estimate of drug-likeness (QED) is 0.594. The van der Waals surface area contributed by atoms with Gasteiger partial charge < -0.3 is 4.74 Å². The van der Waals surface area contributed by atoms with E-state index < -0.39 is 0 Å². The summed E-state index contributed by atoms with van der Waals surface area (Å²) in [6.07, 6.45) is 18.0. The van der Waals surface area contributed by atoms with E-state index in [1.807, 2.05) is 0 Å². The van der Waals surface area contributed by atoms with Gasteiger partial charge >= 0.3 is 0 Å². The molecule has 2 fully saturated rings. The Hall–Kier alpha value is -0.300. The highest BCUT2D eigenvalue weighted by atomic mass is 16.5. The number of fused-ring (bicyclic) bond motifs is 2. The lowest BCUT2D eigenvalue weighted by Crippen LogP contribution is -2.28. The van der Waals surface area contributed by atoms with E-state index in [9.17, 15) is 0 Å². The fourth-order valence-electron chi connectivity index (χ4n) is 5.06. The summed E-state index contributed by atoms with van der Waals surface area (Å²) >= 11 is 0. The summed E-state index contributed by atoms with van der Waals surface area (Å²) in [7, 11) is 0. The Morgan fingerprint density at radius 1 is 1.20 bits per heavy atom. The van der Waals surface area contributed by atoms with Crippen LogP contribution in [0.2, 0.25) is 0 Å². The largest absolute Gasteiger partial charge is 0.378 e. The number of allylic oxidation sites excluding steroid dienone is 2. The molecular weight excluding hydrogens is 244 g/mol. The monoisotopic (exact) mass is 276 g/mol. The van der Waals surface area contributed by atoms with Gasteiger partial charge in [-0.3, -0.25) is 0 Å². The average molecular weight is 276 g/mol. The molecule has 0 aliphatic heterocycles. The summed E-state index contributed by atoms with van der Waals surface area (Å²) in [5.74, 6) is 2.66. The summed E-state index contributed by atoms with van der Waals surface area (Å²) in [5, 5.41) is 0. The Morgan fingerprint density at radius 2 is 2.00 bits per heavy atom. The lowest BCUT2D eigenvalue weighted by Gasteiger charge is -2.34. The Kier molecular flexibility index (Phi) is 4.55. The minimum Gasteiger partial charge on any atom is -0.378 e. The number of hydrogen-bond acceptors (Lipinski definition) is 1. The molecule has 20 heavy (non-hydrogen) atoms. The Morgan fingerprint density at radius 3 is 2.65 bits per heavy atom. The molecular formula is C19H32O. The standard InChI is InChI=1S/C19H32O/c1-15(20-11-10-16-6-4-3-5-7-16)13-19(2)14-17-8-9-18(19)12-17/h8-9,15-18H,3-7,10-14H2,1-2H3. The summed E-state index contributed by atoms with van der Waals surface area (Å²) in [4.78, 5) is 0. The Bertz CT molecular complexity index is 342. The van der Waals surface area contributed by atoms with Gasteiger partial charge in [0.05, 0.1) is 6.10 Å². The molecule has 1 heteroatoms. The maximum absolute atomic E-state index is 6.16. The molecule has 2 bridgehead atoms. The van der Waals surface area contributed by atoms with Crippen LogP contribution in [-0.4, -0.2) is 12.7 Å². The predicted molar refractivity (Wildman–Crippen MR) is 84.7 cm³/mol. The van der Waals surface area contributed by atoms with Crippen LogP contribution >= 0.6 is 0 Å². The first-order chi connectivity index (χ1) is 9.66. The topological polar surface area (TPSA) is 9.23 Å². The highest BCUT2D eigenvalue weighted by molar-refractivity contribution is 5.14. The van der Waals surface area contributed by atoms with Crippen LogP contribution in [-0.2, 0) is 4.74 Å². The van der Waals surface area contributed by atoms with Crippen LogP contribution in [0.4, 0.5) is 0 Å². The molecule has 3 aliphatic carbocycles. The minimum atomic E-state index is 0.441. The first-order valence-corrected chi connectivity index (χ1v) is 8.96. The molecule has 4 unspecified atom stereocenters. The average Bonchev–Trinajstić information content (AvgIpc) is 2.99. The van der Waals surface area contributed by atoms with Gasteiger partial charge in [-0.1, -0.05) is 51.2 Å². The van der Waals surface area contributed by atoms with Gasteiger partial charge in [-0.25, -0.2) is 0 Å². The molecule has 0 spiro atoms. The molecule has 0 aromatic rings. The molecule has 3 aliphatic rings. The van der Waals surface area contributed by atoms with E-state index in [4.69, 9.17) is 4.74 Å². The summed E-state index contributed by atoms with van der Waals surface area (Å²) in [6, 6.07) is 0. The third-order valence-corrected chi connectivity index (χ3v) is 6.20. The molecule has 0 radical (unpaired) electrons. The van der Waals surface area contributed by atoms with E-state index in [1.165, 1.54) is 57.8 Å². The van der Waals surface area contributed by atoms with Crippen molar-refractivity contribution < 1.29 is 4.74 Å². The van der Waals surface area contributed by atoms with Crippen LogP contribution in [0.3, 0.4) is 0 Å².